The molecule has 4 nitrogen and oxygen atoms in total. The molecule has 0 radical (unpaired) electrons. The molecule has 2 rings (SSSR count). The molecule has 0 aromatic heterocycles. The first kappa shape index (κ1) is 23.5. The Kier molecular flexibility index (Phi) is 9.79. The van der Waals surface area contributed by atoms with Crippen molar-refractivity contribution >= 4 is 5.78 Å². The lowest BCUT2D eigenvalue weighted by Gasteiger charge is -2.19. The highest BCUT2D eigenvalue weighted by Crippen LogP contribution is 2.36. The molecule has 5 atom stereocenters. The average molecular weight is 401 g/mol. The van der Waals surface area contributed by atoms with Crippen LogP contribution in [-0.2, 0) is 11.2 Å². The second kappa shape index (κ2) is 12.1. The minimum atomic E-state index is -0.582. The number of carbonyl (C=O) groups excluding carboxylic acids is 1. The molecule has 0 unspecified atom stereocenters. The number of rotatable bonds is 11. The summed E-state index contributed by atoms with van der Waals surface area (Å²) in [7, 11) is 0. The van der Waals surface area contributed by atoms with E-state index in [-0.39, 0.29) is 17.6 Å². The quantitative estimate of drug-likeness (QED) is 0.389. The third-order valence-corrected chi connectivity index (χ3v) is 5.76. The molecule has 4 heteroatoms. The molecule has 1 aromatic rings. The zero-order valence-corrected chi connectivity index (χ0v) is 17.7. The molecule has 0 heterocycles. The van der Waals surface area contributed by atoms with Crippen molar-refractivity contribution in [2.75, 3.05) is 0 Å². The Bertz CT molecular complexity index is 694. The normalized spacial score (nSPS) is 25.8. The van der Waals surface area contributed by atoms with Gasteiger partial charge in [-0.2, -0.15) is 0 Å². The van der Waals surface area contributed by atoms with Crippen LogP contribution >= 0.6 is 0 Å². The van der Waals surface area contributed by atoms with Gasteiger partial charge in [0, 0.05) is 18.8 Å². The molecule has 1 aliphatic carbocycles. The molecule has 29 heavy (non-hydrogen) atoms. The van der Waals surface area contributed by atoms with Gasteiger partial charge in [0.05, 0.1) is 18.3 Å². The number of hydrogen-bond donors (Lipinski definition) is 3. The third kappa shape index (κ3) is 8.25. The fourth-order valence-corrected chi connectivity index (χ4v) is 4.08. The van der Waals surface area contributed by atoms with Gasteiger partial charge in [0.25, 0.3) is 0 Å². The van der Waals surface area contributed by atoms with Crippen LogP contribution in [0.4, 0.5) is 0 Å². The van der Waals surface area contributed by atoms with Gasteiger partial charge in [0.2, 0.25) is 0 Å². The lowest BCUT2D eigenvalue weighted by molar-refractivity contribution is -0.117. The van der Waals surface area contributed by atoms with E-state index in [4.69, 9.17) is 0 Å². The van der Waals surface area contributed by atoms with Gasteiger partial charge < -0.3 is 20.1 Å². The molecule has 1 aromatic carbocycles. The Morgan fingerprint density at radius 3 is 2.76 bits per heavy atom. The number of unbranched alkanes of at least 4 members (excludes halogenated alkanes) is 1. The zero-order valence-electron chi connectivity index (χ0n) is 17.7. The minimum absolute atomic E-state index is 0.0470. The number of hydrogen-bond acceptors (Lipinski definition) is 4. The number of allylic oxidation sites excluding steroid dienone is 2. The molecule has 0 bridgehead atoms. The van der Waals surface area contributed by atoms with E-state index in [1.54, 1.807) is 13.0 Å². The highest BCUT2D eigenvalue weighted by molar-refractivity contribution is 5.75. The summed E-state index contributed by atoms with van der Waals surface area (Å²) in [6.07, 6.45) is 10.9. The predicted octanol–water partition coefficient (Wildman–Crippen LogP) is 3.91. The second-order valence-corrected chi connectivity index (χ2v) is 8.39. The summed E-state index contributed by atoms with van der Waals surface area (Å²) in [5.41, 5.74) is 2.43. The Labute approximate surface area is 175 Å². The van der Waals surface area contributed by atoms with Gasteiger partial charge in [-0.15, -0.1) is 0 Å². The maximum atomic E-state index is 11.0. The van der Waals surface area contributed by atoms with Crippen LogP contribution in [-0.4, -0.2) is 39.4 Å². The first-order valence-electron chi connectivity index (χ1n) is 10.8. The van der Waals surface area contributed by atoms with Crippen molar-refractivity contribution in [3.63, 3.8) is 0 Å². The lowest BCUT2D eigenvalue weighted by atomic mass is 9.89. The summed E-state index contributed by atoms with van der Waals surface area (Å²) in [5.74, 6) is 0.00802. The highest BCUT2D eigenvalue weighted by Gasteiger charge is 2.39. The van der Waals surface area contributed by atoms with Crippen molar-refractivity contribution in [2.45, 2.75) is 77.1 Å². The summed E-state index contributed by atoms with van der Waals surface area (Å²) < 4.78 is 0. The molecule has 160 valence electrons. The summed E-state index contributed by atoms with van der Waals surface area (Å²) in [5, 5.41) is 31.0. The standard InChI is InChI=1S/C25H36O4/c1-18-8-7-10-20(16-18)12-13-21(27)14-15-23-22(24(28)17-25(23)29)11-6-4-3-5-9-19(2)26/h4,6-8,10,14-16,21-25,27-29H,3,5,9,11-13,17H2,1-2H3/b6-4-,15-14+/t21-,22+,23+,24-,25+/m0/s1. The summed E-state index contributed by atoms with van der Waals surface area (Å²) in [6, 6.07) is 8.29. The van der Waals surface area contributed by atoms with Crippen molar-refractivity contribution in [1.82, 2.24) is 0 Å². The van der Waals surface area contributed by atoms with E-state index in [0.29, 0.717) is 25.7 Å². The van der Waals surface area contributed by atoms with Gasteiger partial charge in [0.15, 0.2) is 0 Å². The molecule has 0 saturated heterocycles. The Morgan fingerprint density at radius 2 is 2.03 bits per heavy atom. The van der Waals surface area contributed by atoms with Crippen molar-refractivity contribution in [1.29, 1.82) is 0 Å². The number of carbonyl (C=O) groups is 1. The molecule has 0 spiro atoms. The van der Waals surface area contributed by atoms with Crippen LogP contribution in [0.2, 0.25) is 0 Å². The topological polar surface area (TPSA) is 77.8 Å². The maximum absolute atomic E-state index is 11.0. The van der Waals surface area contributed by atoms with Crippen molar-refractivity contribution in [2.24, 2.45) is 11.8 Å². The summed E-state index contributed by atoms with van der Waals surface area (Å²) >= 11 is 0. The second-order valence-electron chi connectivity index (χ2n) is 8.39. The van der Waals surface area contributed by atoms with E-state index in [9.17, 15) is 20.1 Å². The number of aliphatic hydroxyl groups is 3. The fourth-order valence-electron chi connectivity index (χ4n) is 4.08. The van der Waals surface area contributed by atoms with E-state index >= 15 is 0 Å². The van der Waals surface area contributed by atoms with Crippen molar-refractivity contribution in [3.8, 4) is 0 Å². The number of ketones is 1. The van der Waals surface area contributed by atoms with Gasteiger partial charge in [-0.05, 0) is 57.4 Å². The van der Waals surface area contributed by atoms with E-state index in [1.165, 1.54) is 11.1 Å². The maximum Gasteiger partial charge on any atom is 0.129 e. The van der Waals surface area contributed by atoms with Gasteiger partial charge in [-0.1, -0.05) is 54.1 Å². The molecular weight excluding hydrogens is 364 g/mol. The van der Waals surface area contributed by atoms with Crippen LogP contribution in [0.25, 0.3) is 0 Å². The van der Waals surface area contributed by atoms with E-state index in [2.05, 4.69) is 31.2 Å². The summed E-state index contributed by atoms with van der Waals surface area (Å²) in [4.78, 5) is 11.0. The smallest absolute Gasteiger partial charge is 0.129 e. The lowest BCUT2D eigenvalue weighted by Crippen LogP contribution is -2.20. The number of Topliss-reactive ketones (excluding diaryl/α,β-unsaturated/α-hetero) is 1. The largest absolute Gasteiger partial charge is 0.393 e. The first-order valence-corrected chi connectivity index (χ1v) is 10.8. The molecular formula is C25H36O4. The van der Waals surface area contributed by atoms with Crippen LogP contribution in [0.3, 0.4) is 0 Å². The SMILES string of the molecule is CC(=O)CCC/C=C\C[C@@H]1[C@@H](/C=C/[C@@H](O)CCc2cccc(C)c2)[C@H](O)C[C@@H]1O. The van der Waals surface area contributed by atoms with E-state index < -0.39 is 18.3 Å². The van der Waals surface area contributed by atoms with Crippen LogP contribution in [0, 0.1) is 18.8 Å². The fraction of sp³-hybridized carbons (Fsp3) is 0.560. The Hall–Kier alpha value is -1.75. The molecule has 0 aliphatic heterocycles. The predicted molar refractivity (Wildman–Crippen MR) is 117 cm³/mol. The number of benzene rings is 1. The van der Waals surface area contributed by atoms with Crippen LogP contribution in [0.1, 0.15) is 56.6 Å². The summed E-state index contributed by atoms with van der Waals surface area (Å²) in [6.45, 7) is 3.66. The molecule has 3 N–H and O–H groups in total. The van der Waals surface area contributed by atoms with Gasteiger partial charge >= 0.3 is 0 Å². The van der Waals surface area contributed by atoms with Crippen LogP contribution in [0.5, 0.6) is 0 Å². The number of aryl methyl sites for hydroxylation is 2. The van der Waals surface area contributed by atoms with Crippen molar-refractivity contribution in [3.05, 3.63) is 59.7 Å². The van der Waals surface area contributed by atoms with Gasteiger partial charge in [-0.25, -0.2) is 0 Å². The van der Waals surface area contributed by atoms with Gasteiger partial charge in [0.1, 0.15) is 5.78 Å². The first-order chi connectivity index (χ1) is 13.9. The van der Waals surface area contributed by atoms with Crippen LogP contribution in [0.15, 0.2) is 48.6 Å². The zero-order chi connectivity index (χ0) is 21.2. The van der Waals surface area contributed by atoms with E-state index in [0.717, 1.165) is 19.3 Å². The Morgan fingerprint density at radius 1 is 1.24 bits per heavy atom. The molecule has 1 fully saturated rings. The average Bonchev–Trinajstić information content (AvgIpc) is 2.93. The highest BCUT2D eigenvalue weighted by atomic mass is 16.3. The molecule has 0 amide bonds. The van der Waals surface area contributed by atoms with Crippen molar-refractivity contribution < 1.29 is 20.1 Å². The molecule has 1 aliphatic rings. The third-order valence-electron chi connectivity index (χ3n) is 5.76. The van der Waals surface area contributed by atoms with E-state index in [1.807, 2.05) is 18.2 Å². The molecule has 1 saturated carbocycles. The van der Waals surface area contributed by atoms with Crippen LogP contribution < -0.4 is 0 Å². The monoisotopic (exact) mass is 400 g/mol. The number of aliphatic hydroxyl groups excluding tert-OH is 3. The minimum Gasteiger partial charge on any atom is -0.393 e. The van der Waals surface area contributed by atoms with Gasteiger partial charge in [-0.3, -0.25) is 0 Å². The Balaban J connectivity index is 1.83.